The van der Waals surface area contributed by atoms with E-state index in [9.17, 15) is 9.59 Å². The Morgan fingerprint density at radius 2 is 1.90 bits per heavy atom. The number of Topliss-reactive ketones (excluding diaryl/α,β-unsaturated/α-hetero) is 1. The zero-order chi connectivity index (χ0) is 19.9. The smallest absolute Gasteiger partial charge is 0.250 e. The van der Waals surface area contributed by atoms with Crippen LogP contribution in [0.2, 0.25) is 5.02 Å². The number of piperidine rings is 1. The molecular formula is C23H30ClIN2O2S. The van der Waals surface area contributed by atoms with Crippen molar-refractivity contribution < 1.29 is 38.0 Å². The van der Waals surface area contributed by atoms with Gasteiger partial charge in [-0.2, -0.15) is 0 Å². The Hall–Kier alpha value is -0.960. The second-order valence-corrected chi connectivity index (χ2v) is 10.0. The van der Waals surface area contributed by atoms with Crippen LogP contribution < -0.4 is 29.7 Å². The van der Waals surface area contributed by atoms with Crippen LogP contribution in [0.1, 0.15) is 57.9 Å². The number of quaternary nitrogens is 1. The highest BCUT2D eigenvalue weighted by Gasteiger charge is 2.42. The van der Waals surface area contributed by atoms with Crippen LogP contribution in [0.25, 0.3) is 0 Å². The maximum absolute atomic E-state index is 12.7. The van der Waals surface area contributed by atoms with Crippen LogP contribution in [0.4, 0.5) is 0 Å². The number of primary amides is 1. The van der Waals surface area contributed by atoms with Gasteiger partial charge in [0.1, 0.15) is 12.3 Å². The van der Waals surface area contributed by atoms with Gasteiger partial charge < -0.3 is 34.2 Å². The number of carbonyl (C=O) groups excluding carboxylic acids is 2. The van der Waals surface area contributed by atoms with Crippen molar-refractivity contribution in [1.82, 2.24) is 0 Å². The minimum absolute atomic E-state index is 0. The molecule has 164 valence electrons. The number of halogens is 2. The first-order valence-corrected chi connectivity index (χ1v) is 11.1. The first-order chi connectivity index (χ1) is 13.4. The predicted octanol–water partition coefficient (Wildman–Crippen LogP) is 1.55. The van der Waals surface area contributed by atoms with E-state index in [-0.39, 0.29) is 43.6 Å². The number of ketones is 1. The van der Waals surface area contributed by atoms with Gasteiger partial charge in [0.25, 0.3) is 0 Å². The zero-order valence-electron chi connectivity index (χ0n) is 16.5. The summed E-state index contributed by atoms with van der Waals surface area (Å²) in [7, 11) is 2.34. The molecule has 2 unspecified atom stereocenters. The number of fused-ring (bicyclic) bond motifs is 2. The monoisotopic (exact) mass is 560 g/mol. The van der Waals surface area contributed by atoms with Gasteiger partial charge in [-0.25, -0.2) is 0 Å². The van der Waals surface area contributed by atoms with Gasteiger partial charge in [-0.15, -0.1) is 11.3 Å². The summed E-state index contributed by atoms with van der Waals surface area (Å²) in [6, 6.07) is 7.90. The fourth-order valence-corrected chi connectivity index (χ4v) is 6.49. The molecule has 7 heteroatoms. The maximum Gasteiger partial charge on any atom is 0.250 e. The summed E-state index contributed by atoms with van der Waals surface area (Å²) in [5, 5.41) is 0.659. The van der Waals surface area contributed by atoms with Gasteiger partial charge in [0.15, 0.2) is 0 Å². The molecule has 0 bridgehead atoms. The lowest BCUT2D eigenvalue weighted by molar-refractivity contribution is -0.952. The molecule has 4 nitrogen and oxygen atoms in total. The Balaban J connectivity index is 0.00000160. The van der Waals surface area contributed by atoms with E-state index in [0.717, 1.165) is 33.5 Å². The van der Waals surface area contributed by atoms with Gasteiger partial charge in [-0.05, 0) is 42.5 Å². The molecule has 0 saturated carbocycles. The Morgan fingerprint density at radius 3 is 2.57 bits per heavy atom. The highest BCUT2D eigenvalue weighted by Crippen LogP contribution is 2.41. The Bertz CT molecular complexity index is 928. The van der Waals surface area contributed by atoms with E-state index < -0.39 is 5.91 Å². The van der Waals surface area contributed by atoms with Crippen LogP contribution >= 0.6 is 22.9 Å². The quantitative estimate of drug-likeness (QED) is 0.446. The van der Waals surface area contributed by atoms with Crippen LogP contribution in [0, 0.1) is 0 Å². The molecule has 2 N–H and O–H groups in total. The molecule has 0 spiro atoms. The van der Waals surface area contributed by atoms with Crippen molar-refractivity contribution in [2.45, 2.75) is 58.5 Å². The summed E-state index contributed by atoms with van der Waals surface area (Å²) in [4.78, 5) is 27.1. The van der Waals surface area contributed by atoms with Crippen LogP contribution in [0.3, 0.4) is 0 Å². The second kappa shape index (κ2) is 10.1. The summed E-state index contributed by atoms with van der Waals surface area (Å²) >= 11 is 7.55. The van der Waals surface area contributed by atoms with Gasteiger partial charge in [-0.3, -0.25) is 9.59 Å². The number of nitrogens with zero attached hydrogens (tertiary/aromatic N) is 1. The molecule has 1 saturated heterocycles. The number of hydrogen-bond donors (Lipinski definition) is 1. The largest absolute Gasteiger partial charge is 1.00 e. The molecule has 2 aliphatic rings. The fourth-order valence-electron chi connectivity index (χ4n) is 4.84. The molecule has 3 heterocycles. The van der Waals surface area contributed by atoms with Gasteiger partial charge in [0, 0.05) is 29.2 Å². The number of rotatable bonds is 5. The third-order valence-electron chi connectivity index (χ3n) is 6.36. The van der Waals surface area contributed by atoms with Crippen LogP contribution in [-0.2, 0) is 30.6 Å². The topological polar surface area (TPSA) is 60.2 Å². The van der Waals surface area contributed by atoms with E-state index in [4.69, 9.17) is 17.3 Å². The third-order valence-corrected chi connectivity index (χ3v) is 7.83. The van der Waals surface area contributed by atoms with E-state index in [1.54, 1.807) is 23.5 Å². The van der Waals surface area contributed by atoms with Crippen molar-refractivity contribution in [1.29, 1.82) is 0 Å². The zero-order valence-corrected chi connectivity index (χ0v) is 20.3. The molecule has 1 aromatic carbocycles. The van der Waals surface area contributed by atoms with E-state index >= 15 is 0 Å². The number of carbonyl (C=O) groups is 2. The van der Waals surface area contributed by atoms with Crippen LogP contribution in [0.5, 0.6) is 0 Å². The van der Waals surface area contributed by atoms with Crippen LogP contribution in [-0.4, -0.2) is 35.8 Å². The van der Waals surface area contributed by atoms with Crippen molar-refractivity contribution in [3.8, 4) is 0 Å². The standard InChI is InChI=1S/C22H25ClN2O2S.CH4.HI/c1-25-9-3-2-4-16(25)11-18-20(13-25)28-19(21(18)22(24)27)12-17(26)10-14-5-7-15(23)8-6-14;;/h5-8,16H,2-4,9-13H2,1H3,(H-,24,27);1H4;1H. The van der Waals surface area contributed by atoms with Gasteiger partial charge in [0.2, 0.25) is 5.91 Å². The molecule has 0 radical (unpaired) electrons. The lowest BCUT2D eigenvalue weighted by Crippen LogP contribution is -3.00. The Labute approximate surface area is 205 Å². The summed E-state index contributed by atoms with van der Waals surface area (Å²) in [5.74, 6) is -0.291. The SMILES string of the molecule is C.C[N+]12CCCCC1Cc1c(sc(CC(=O)Cc3ccc(Cl)cc3)c1C(N)=O)C2.[I-]. The molecule has 1 fully saturated rings. The van der Waals surface area contributed by atoms with Crippen molar-refractivity contribution >= 4 is 34.6 Å². The van der Waals surface area contributed by atoms with E-state index in [1.807, 2.05) is 12.1 Å². The molecule has 0 aliphatic carbocycles. The molecule has 4 rings (SSSR count). The van der Waals surface area contributed by atoms with Crippen molar-refractivity contribution in [2.24, 2.45) is 5.73 Å². The van der Waals surface area contributed by atoms with E-state index in [0.29, 0.717) is 23.0 Å². The van der Waals surface area contributed by atoms with Gasteiger partial charge in [-0.1, -0.05) is 31.2 Å². The van der Waals surface area contributed by atoms with E-state index in [2.05, 4.69) is 7.05 Å². The average molecular weight is 561 g/mol. The van der Waals surface area contributed by atoms with Gasteiger partial charge in [0.05, 0.1) is 30.1 Å². The third kappa shape index (κ3) is 5.09. The first-order valence-electron chi connectivity index (χ1n) is 9.89. The predicted molar refractivity (Wildman–Crippen MR) is 120 cm³/mol. The fraction of sp³-hybridized carbons (Fsp3) is 0.478. The normalized spacial score (nSPS) is 22.1. The molecule has 2 aromatic rings. The molecule has 2 aliphatic heterocycles. The van der Waals surface area contributed by atoms with Crippen LogP contribution in [0.15, 0.2) is 24.3 Å². The Morgan fingerprint density at radius 1 is 1.20 bits per heavy atom. The van der Waals surface area contributed by atoms with Crippen molar-refractivity contribution in [3.05, 3.63) is 55.7 Å². The minimum atomic E-state index is -0.390. The Kier molecular flexibility index (Phi) is 8.52. The summed E-state index contributed by atoms with van der Waals surface area (Å²) in [6.07, 6.45) is 5.25. The highest BCUT2D eigenvalue weighted by molar-refractivity contribution is 7.12. The number of benzene rings is 1. The summed E-state index contributed by atoms with van der Waals surface area (Å²) in [5.41, 5.74) is 8.45. The molecule has 1 aromatic heterocycles. The number of likely N-dealkylation sites (N-methyl/N-ethyl adjacent to an activating group) is 1. The van der Waals surface area contributed by atoms with E-state index in [1.165, 1.54) is 30.7 Å². The number of nitrogens with two attached hydrogens (primary N) is 1. The number of thiophene rings is 1. The number of amides is 1. The summed E-state index contributed by atoms with van der Waals surface area (Å²) in [6.45, 7) is 2.15. The number of hydrogen-bond acceptors (Lipinski definition) is 3. The van der Waals surface area contributed by atoms with Crippen molar-refractivity contribution in [2.75, 3.05) is 13.6 Å². The summed E-state index contributed by atoms with van der Waals surface area (Å²) < 4.78 is 1.06. The van der Waals surface area contributed by atoms with Gasteiger partial charge >= 0.3 is 0 Å². The highest BCUT2D eigenvalue weighted by atomic mass is 127. The minimum Gasteiger partial charge on any atom is -1.00 e. The lowest BCUT2D eigenvalue weighted by atomic mass is 9.87. The molecular weight excluding hydrogens is 531 g/mol. The lowest BCUT2D eigenvalue weighted by Gasteiger charge is -2.47. The molecule has 2 atom stereocenters. The first kappa shape index (κ1) is 25.3. The average Bonchev–Trinajstić information content (AvgIpc) is 2.97. The maximum atomic E-state index is 12.7. The molecule has 1 amide bonds. The molecule has 30 heavy (non-hydrogen) atoms. The van der Waals surface area contributed by atoms with Crippen molar-refractivity contribution in [3.63, 3.8) is 0 Å². The second-order valence-electron chi connectivity index (χ2n) is 8.40.